The molecule has 0 aliphatic heterocycles. The quantitative estimate of drug-likeness (QED) is 0.857. The number of aliphatic hydroxyl groups excluding tert-OH is 1. The van der Waals surface area contributed by atoms with Gasteiger partial charge in [-0.15, -0.1) is 0 Å². The molecule has 0 spiro atoms. The Morgan fingerprint density at radius 3 is 2.26 bits per heavy atom. The number of anilines is 1. The molecule has 2 atom stereocenters. The number of methoxy groups -OCH3 is 1. The highest BCUT2D eigenvalue weighted by atomic mass is 16.5. The smallest absolute Gasteiger partial charge is 0.230 e. The number of amides is 1. The molecule has 0 heterocycles. The molecule has 4 heteroatoms. The molecule has 122 valence electrons. The Labute approximate surface area is 137 Å². The van der Waals surface area contributed by atoms with Crippen LogP contribution in [0, 0.1) is 5.92 Å². The van der Waals surface area contributed by atoms with Gasteiger partial charge in [-0.25, -0.2) is 0 Å². The highest BCUT2D eigenvalue weighted by Gasteiger charge is 2.23. The van der Waals surface area contributed by atoms with Crippen molar-refractivity contribution >= 4 is 11.6 Å². The molecular weight excluding hydrogens is 290 g/mol. The van der Waals surface area contributed by atoms with Gasteiger partial charge in [-0.3, -0.25) is 4.79 Å². The Kier molecular flexibility index (Phi) is 5.77. The van der Waals surface area contributed by atoms with Crippen LogP contribution < -0.4 is 10.1 Å². The normalized spacial score (nSPS) is 13.2. The van der Waals surface area contributed by atoms with Gasteiger partial charge >= 0.3 is 0 Å². The van der Waals surface area contributed by atoms with Crippen LogP contribution in [0.1, 0.15) is 31.1 Å². The topological polar surface area (TPSA) is 58.6 Å². The van der Waals surface area contributed by atoms with E-state index in [1.54, 1.807) is 38.3 Å². The lowest BCUT2D eigenvalue weighted by atomic mass is 9.96. The summed E-state index contributed by atoms with van der Waals surface area (Å²) in [4.78, 5) is 12.3. The number of carbonyl (C=O) groups is 1. The molecule has 0 unspecified atom stereocenters. The van der Waals surface area contributed by atoms with Crippen LogP contribution in [0.15, 0.2) is 48.5 Å². The summed E-state index contributed by atoms with van der Waals surface area (Å²) in [7, 11) is 1.59. The van der Waals surface area contributed by atoms with Crippen LogP contribution >= 0.6 is 0 Å². The SMILES string of the molecule is CCc1ccc(NC(=O)[C@H](C)[C@H](O)c2ccc(OC)cc2)cc1. The first kappa shape index (κ1) is 17.0. The van der Waals surface area contributed by atoms with Crippen molar-refractivity contribution in [3.63, 3.8) is 0 Å². The number of aliphatic hydroxyl groups is 1. The van der Waals surface area contributed by atoms with Gasteiger partial charge in [-0.05, 0) is 41.8 Å². The Bertz CT molecular complexity index is 635. The first-order valence-electron chi connectivity index (χ1n) is 7.77. The second-order valence-corrected chi connectivity index (χ2v) is 5.55. The maximum absolute atomic E-state index is 12.3. The minimum Gasteiger partial charge on any atom is -0.497 e. The monoisotopic (exact) mass is 313 g/mol. The minimum atomic E-state index is -0.865. The average Bonchev–Trinajstić information content (AvgIpc) is 2.61. The van der Waals surface area contributed by atoms with E-state index in [2.05, 4.69) is 12.2 Å². The molecule has 2 aromatic rings. The summed E-state index contributed by atoms with van der Waals surface area (Å²) in [6.07, 6.45) is 0.0942. The zero-order valence-corrected chi connectivity index (χ0v) is 13.7. The maximum Gasteiger partial charge on any atom is 0.230 e. The Hall–Kier alpha value is -2.33. The number of rotatable bonds is 6. The molecule has 0 aromatic heterocycles. The first-order valence-corrected chi connectivity index (χ1v) is 7.77. The average molecular weight is 313 g/mol. The molecule has 23 heavy (non-hydrogen) atoms. The van der Waals surface area contributed by atoms with E-state index in [1.807, 2.05) is 24.3 Å². The molecule has 4 nitrogen and oxygen atoms in total. The first-order chi connectivity index (χ1) is 11.0. The standard InChI is InChI=1S/C19H23NO3/c1-4-14-5-9-16(10-6-14)20-19(22)13(2)18(21)15-7-11-17(23-3)12-8-15/h5-13,18,21H,4H2,1-3H3,(H,20,22)/t13-,18+/m1/s1. The predicted octanol–water partition coefficient (Wildman–Crippen LogP) is 3.57. The third-order valence-corrected chi connectivity index (χ3v) is 3.97. The second kappa shape index (κ2) is 7.79. The molecule has 0 saturated carbocycles. The van der Waals surface area contributed by atoms with Gasteiger partial charge < -0.3 is 15.2 Å². The van der Waals surface area contributed by atoms with Gasteiger partial charge in [-0.2, -0.15) is 0 Å². The largest absolute Gasteiger partial charge is 0.497 e. The van der Waals surface area contributed by atoms with Gasteiger partial charge in [0.1, 0.15) is 5.75 Å². The highest BCUT2D eigenvalue weighted by Crippen LogP contribution is 2.25. The van der Waals surface area contributed by atoms with Crippen LogP contribution in [0.4, 0.5) is 5.69 Å². The lowest BCUT2D eigenvalue weighted by molar-refractivity contribution is -0.122. The molecular formula is C19H23NO3. The number of hydrogen-bond acceptors (Lipinski definition) is 3. The van der Waals surface area contributed by atoms with Crippen molar-refractivity contribution in [3.8, 4) is 5.75 Å². The molecule has 2 N–H and O–H groups in total. The maximum atomic E-state index is 12.3. The van der Waals surface area contributed by atoms with Gasteiger partial charge in [-0.1, -0.05) is 38.1 Å². The fraction of sp³-hybridized carbons (Fsp3) is 0.316. The molecule has 0 aliphatic rings. The number of benzene rings is 2. The van der Waals surface area contributed by atoms with E-state index in [1.165, 1.54) is 5.56 Å². The van der Waals surface area contributed by atoms with Crippen LogP contribution in [-0.2, 0) is 11.2 Å². The molecule has 2 rings (SSSR count). The van der Waals surface area contributed by atoms with Crippen molar-refractivity contribution in [3.05, 3.63) is 59.7 Å². The van der Waals surface area contributed by atoms with Gasteiger partial charge in [0.25, 0.3) is 0 Å². The number of nitrogens with one attached hydrogen (secondary N) is 1. The lowest BCUT2D eigenvalue weighted by Gasteiger charge is -2.19. The van der Waals surface area contributed by atoms with Crippen LogP contribution in [0.2, 0.25) is 0 Å². The molecule has 0 fully saturated rings. The highest BCUT2D eigenvalue weighted by molar-refractivity contribution is 5.92. The van der Waals surface area contributed by atoms with E-state index in [0.717, 1.165) is 12.1 Å². The third kappa shape index (κ3) is 4.33. The van der Waals surface area contributed by atoms with Crippen molar-refractivity contribution < 1.29 is 14.6 Å². The zero-order chi connectivity index (χ0) is 16.8. The van der Waals surface area contributed by atoms with Gasteiger partial charge in [0.2, 0.25) is 5.91 Å². The summed E-state index contributed by atoms with van der Waals surface area (Å²) in [6.45, 7) is 3.80. The fourth-order valence-electron chi connectivity index (χ4n) is 2.31. The van der Waals surface area contributed by atoms with E-state index < -0.39 is 12.0 Å². The van der Waals surface area contributed by atoms with E-state index in [0.29, 0.717) is 11.3 Å². The van der Waals surface area contributed by atoms with Crippen molar-refractivity contribution in [1.29, 1.82) is 0 Å². The van der Waals surface area contributed by atoms with Gasteiger partial charge in [0.05, 0.1) is 19.1 Å². The molecule has 2 aromatic carbocycles. The second-order valence-electron chi connectivity index (χ2n) is 5.55. The summed E-state index contributed by atoms with van der Waals surface area (Å²) >= 11 is 0. The van der Waals surface area contributed by atoms with Crippen molar-refractivity contribution in [2.75, 3.05) is 12.4 Å². The van der Waals surface area contributed by atoms with Crippen LogP contribution in [-0.4, -0.2) is 18.1 Å². The van der Waals surface area contributed by atoms with E-state index in [9.17, 15) is 9.90 Å². The number of aryl methyl sites for hydroxylation is 1. The van der Waals surface area contributed by atoms with Crippen molar-refractivity contribution in [1.82, 2.24) is 0 Å². The van der Waals surface area contributed by atoms with Gasteiger partial charge in [0, 0.05) is 5.69 Å². The molecule has 0 saturated heterocycles. The van der Waals surface area contributed by atoms with Crippen molar-refractivity contribution in [2.24, 2.45) is 5.92 Å². The molecule has 0 aliphatic carbocycles. The summed E-state index contributed by atoms with van der Waals surface area (Å²) in [5.41, 5.74) is 2.64. The molecule has 0 radical (unpaired) electrons. The Morgan fingerprint density at radius 2 is 1.74 bits per heavy atom. The lowest BCUT2D eigenvalue weighted by Crippen LogP contribution is -2.25. The van der Waals surface area contributed by atoms with Gasteiger partial charge in [0.15, 0.2) is 0 Å². The Morgan fingerprint density at radius 1 is 1.13 bits per heavy atom. The zero-order valence-electron chi connectivity index (χ0n) is 13.7. The summed E-state index contributed by atoms with van der Waals surface area (Å²) in [5.74, 6) is -0.0547. The predicted molar refractivity (Wildman–Crippen MR) is 91.6 cm³/mol. The summed E-state index contributed by atoms with van der Waals surface area (Å²) in [6, 6.07) is 14.8. The van der Waals surface area contributed by atoms with Crippen LogP contribution in [0.3, 0.4) is 0 Å². The van der Waals surface area contributed by atoms with E-state index in [4.69, 9.17) is 4.74 Å². The summed E-state index contributed by atoms with van der Waals surface area (Å²) in [5, 5.41) is 13.2. The number of ether oxygens (including phenoxy) is 1. The number of carbonyl (C=O) groups excluding carboxylic acids is 1. The third-order valence-electron chi connectivity index (χ3n) is 3.97. The minimum absolute atomic E-state index is 0.211. The molecule has 0 bridgehead atoms. The van der Waals surface area contributed by atoms with Crippen LogP contribution in [0.25, 0.3) is 0 Å². The summed E-state index contributed by atoms with van der Waals surface area (Å²) < 4.78 is 5.09. The fourth-order valence-corrected chi connectivity index (χ4v) is 2.31. The van der Waals surface area contributed by atoms with Crippen LogP contribution in [0.5, 0.6) is 5.75 Å². The van der Waals surface area contributed by atoms with E-state index in [-0.39, 0.29) is 5.91 Å². The Balaban J connectivity index is 2.02. The van der Waals surface area contributed by atoms with Crippen molar-refractivity contribution in [2.45, 2.75) is 26.4 Å². The number of hydrogen-bond donors (Lipinski definition) is 2. The van der Waals surface area contributed by atoms with E-state index >= 15 is 0 Å². The molecule has 1 amide bonds.